The molecule has 5 nitrogen and oxygen atoms in total. The number of nitrogens with one attached hydrogen (secondary N) is 1. The van der Waals surface area contributed by atoms with Crippen LogP contribution in [0.5, 0.6) is 0 Å². The molecule has 1 N–H and O–H groups in total. The van der Waals surface area contributed by atoms with Crippen LogP contribution in [0.2, 0.25) is 5.02 Å². The summed E-state index contributed by atoms with van der Waals surface area (Å²) in [5.41, 5.74) is 1.11. The molecule has 7 heteroatoms. The van der Waals surface area contributed by atoms with Gasteiger partial charge in [0, 0.05) is 25.7 Å². The Bertz CT molecular complexity index is 823. The Balaban J connectivity index is 2.27. The van der Waals surface area contributed by atoms with E-state index in [9.17, 15) is 13.2 Å². The Hall–Kier alpha value is -1.89. The lowest BCUT2D eigenvalue weighted by Crippen LogP contribution is -2.27. The molecule has 1 amide bonds. The maximum absolute atomic E-state index is 12.5. The average Bonchev–Trinajstić information content (AvgIpc) is 2.60. The van der Waals surface area contributed by atoms with E-state index < -0.39 is 10.0 Å². The number of rotatable bonds is 6. The molecule has 0 spiro atoms. The minimum atomic E-state index is -3.83. The van der Waals surface area contributed by atoms with Gasteiger partial charge in [-0.1, -0.05) is 41.9 Å². The molecule has 0 fully saturated rings. The Morgan fingerprint density at radius 3 is 2.46 bits per heavy atom. The fourth-order valence-electron chi connectivity index (χ4n) is 2.06. The van der Waals surface area contributed by atoms with Crippen LogP contribution in [0.3, 0.4) is 0 Å². The highest BCUT2D eigenvalue weighted by atomic mass is 35.5. The van der Waals surface area contributed by atoms with Gasteiger partial charge < -0.3 is 4.90 Å². The molecular weight excluding hydrogens is 348 g/mol. The first-order valence-corrected chi connectivity index (χ1v) is 9.30. The topological polar surface area (TPSA) is 66.5 Å². The number of halogens is 1. The third kappa shape index (κ3) is 4.35. The lowest BCUT2D eigenvalue weighted by molar-refractivity contribution is 0.0802. The number of amides is 1. The van der Waals surface area contributed by atoms with Gasteiger partial charge in [0.25, 0.3) is 5.91 Å². The van der Waals surface area contributed by atoms with E-state index in [0.717, 1.165) is 5.56 Å². The molecule has 0 saturated heterocycles. The number of nitrogens with zero attached hydrogens (tertiary/aromatic N) is 1. The Labute approximate surface area is 147 Å². The summed E-state index contributed by atoms with van der Waals surface area (Å²) in [5, 5.41) is 0.0752. The monoisotopic (exact) mass is 366 g/mol. The largest absolute Gasteiger partial charge is 0.342 e. The van der Waals surface area contributed by atoms with Crippen molar-refractivity contribution in [3.63, 3.8) is 0 Å². The Morgan fingerprint density at radius 1 is 1.17 bits per heavy atom. The Morgan fingerprint density at radius 2 is 1.83 bits per heavy atom. The second-order valence-electron chi connectivity index (χ2n) is 5.27. The van der Waals surface area contributed by atoms with Crippen LogP contribution in [0.25, 0.3) is 0 Å². The highest BCUT2D eigenvalue weighted by Crippen LogP contribution is 2.23. The molecule has 24 heavy (non-hydrogen) atoms. The normalized spacial score (nSPS) is 11.3. The van der Waals surface area contributed by atoms with E-state index in [1.165, 1.54) is 23.1 Å². The van der Waals surface area contributed by atoms with E-state index in [1.54, 1.807) is 7.05 Å². The van der Waals surface area contributed by atoms with Crippen molar-refractivity contribution in [1.82, 2.24) is 9.62 Å². The molecule has 0 heterocycles. The minimum Gasteiger partial charge on any atom is -0.342 e. The van der Waals surface area contributed by atoms with E-state index in [2.05, 4.69) is 4.72 Å². The molecule has 0 aliphatic carbocycles. The van der Waals surface area contributed by atoms with E-state index >= 15 is 0 Å². The molecule has 2 aromatic carbocycles. The highest BCUT2D eigenvalue weighted by molar-refractivity contribution is 7.89. The van der Waals surface area contributed by atoms with Crippen LogP contribution >= 0.6 is 11.6 Å². The van der Waals surface area contributed by atoms with Gasteiger partial charge in [0.15, 0.2) is 0 Å². The van der Waals surface area contributed by atoms with E-state index in [-0.39, 0.29) is 27.9 Å². The summed E-state index contributed by atoms with van der Waals surface area (Å²) in [5.74, 6) is -0.256. The van der Waals surface area contributed by atoms with Crippen LogP contribution in [0.1, 0.15) is 22.8 Å². The molecule has 0 radical (unpaired) electrons. The summed E-state index contributed by atoms with van der Waals surface area (Å²) in [6.45, 7) is 2.51. The summed E-state index contributed by atoms with van der Waals surface area (Å²) < 4.78 is 27.5. The molecule has 0 atom stereocenters. The van der Waals surface area contributed by atoms with Gasteiger partial charge in [-0.05, 0) is 30.7 Å². The second-order valence-corrected chi connectivity index (χ2v) is 7.42. The molecule has 0 aliphatic rings. The number of carbonyl (C=O) groups is 1. The highest BCUT2D eigenvalue weighted by Gasteiger charge is 2.21. The second kappa shape index (κ2) is 7.79. The number of carbonyl (C=O) groups excluding carboxylic acids is 1. The standard InChI is InChI=1S/C17H19ClN2O3S/c1-3-20(2)17(21)14-9-10-15(18)16(11-14)24(22,23)19-12-13-7-5-4-6-8-13/h4-11,19H,3,12H2,1-2H3. The number of hydrogen-bond acceptors (Lipinski definition) is 3. The molecule has 0 unspecified atom stereocenters. The van der Waals surface area contributed by atoms with Gasteiger partial charge in [0.05, 0.1) is 5.02 Å². The number of sulfonamides is 1. The maximum atomic E-state index is 12.5. The molecular formula is C17H19ClN2O3S. The van der Waals surface area contributed by atoms with Crippen molar-refractivity contribution in [2.45, 2.75) is 18.4 Å². The first-order valence-electron chi connectivity index (χ1n) is 7.43. The van der Waals surface area contributed by atoms with Gasteiger partial charge in [0.1, 0.15) is 4.90 Å². The van der Waals surface area contributed by atoms with Crippen molar-refractivity contribution in [2.24, 2.45) is 0 Å². The maximum Gasteiger partial charge on any atom is 0.253 e. The van der Waals surface area contributed by atoms with E-state index in [0.29, 0.717) is 6.54 Å². The SMILES string of the molecule is CCN(C)C(=O)c1ccc(Cl)c(S(=O)(=O)NCc2ccccc2)c1. The quantitative estimate of drug-likeness (QED) is 0.854. The summed E-state index contributed by atoms with van der Waals surface area (Å²) >= 11 is 6.04. The van der Waals surface area contributed by atoms with Gasteiger partial charge in [-0.15, -0.1) is 0 Å². The lowest BCUT2D eigenvalue weighted by Gasteiger charge is -2.15. The fourth-order valence-corrected chi connectivity index (χ4v) is 3.60. The Kier molecular flexibility index (Phi) is 5.99. The van der Waals surface area contributed by atoms with Gasteiger partial charge >= 0.3 is 0 Å². The van der Waals surface area contributed by atoms with Crippen LogP contribution in [-0.2, 0) is 16.6 Å². The third-order valence-electron chi connectivity index (χ3n) is 3.60. The average molecular weight is 367 g/mol. The zero-order valence-corrected chi connectivity index (χ0v) is 15.1. The first kappa shape index (κ1) is 18.4. The van der Waals surface area contributed by atoms with Crippen LogP contribution < -0.4 is 4.72 Å². The zero-order chi connectivity index (χ0) is 17.7. The lowest BCUT2D eigenvalue weighted by atomic mass is 10.2. The van der Waals surface area contributed by atoms with E-state index in [4.69, 9.17) is 11.6 Å². The first-order chi connectivity index (χ1) is 11.3. The van der Waals surface area contributed by atoms with Crippen molar-refractivity contribution in [2.75, 3.05) is 13.6 Å². The summed E-state index contributed by atoms with van der Waals surface area (Å²) in [4.78, 5) is 13.6. The van der Waals surface area contributed by atoms with Gasteiger partial charge in [-0.3, -0.25) is 4.79 Å². The van der Waals surface area contributed by atoms with Crippen molar-refractivity contribution in [3.8, 4) is 0 Å². The van der Waals surface area contributed by atoms with Gasteiger partial charge in [-0.2, -0.15) is 0 Å². The molecule has 0 saturated carbocycles. The van der Waals surface area contributed by atoms with Crippen molar-refractivity contribution >= 4 is 27.5 Å². The fraction of sp³-hybridized carbons (Fsp3) is 0.235. The molecule has 2 aromatic rings. The van der Waals surface area contributed by atoms with Crippen LogP contribution in [0.4, 0.5) is 0 Å². The molecule has 128 valence electrons. The predicted octanol–water partition coefficient (Wildman–Crippen LogP) is 2.91. The third-order valence-corrected chi connectivity index (χ3v) is 5.48. The zero-order valence-electron chi connectivity index (χ0n) is 13.5. The smallest absolute Gasteiger partial charge is 0.253 e. The molecule has 0 aromatic heterocycles. The minimum absolute atomic E-state index is 0.0752. The molecule has 0 aliphatic heterocycles. The number of hydrogen-bond donors (Lipinski definition) is 1. The van der Waals surface area contributed by atoms with Gasteiger partial charge in [0.2, 0.25) is 10.0 Å². The molecule has 0 bridgehead atoms. The van der Waals surface area contributed by atoms with E-state index in [1.807, 2.05) is 37.3 Å². The summed E-state index contributed by atoms with van der Waals surface area (Å²) in [7, 11) is -2.18. The van der Waals surface area contributed by atoms with Crippen molar-refractivity contribution < 1.29 is 13.2 Å². The van der Waals surface area contributed by atoms with Crippen LogP contribution in [0, 0.1) is 0 Å². The molecule has 2 rings (SSSR count). The summed E-state index contributed by atoms with van der Waals surface area (Å²) in [6, 6.07) is 13.4. The number of benzene rings is 2. The van der Waals surface area contributed by atoms with Crippen molar-refractivity contribution in [3.05, 3.63) is 64.7 Å². The van der Waals surface area contributed by atoms with Crippen LogP contribution in [0.15, 0.2) is 53.4 Å². The van der Waals surface area contributed by atoms with Crippen molar-refractivity contribution in [1.29, 1.82) is 0 Å². The predicted molar refractivity (Wildman–Crippen MR) is 94.6 cm³/mol. The van der Waals surface area contributed by atoms with Crippen LogP contribution in [-0.4, -0.2) is 32.8 Å². The summed E-state index contributed by atoms with van der Waals surface area (Å²) in [6.07, 6.45) is 0. The van der Waals surface area contributed by atoms with Gasteiger partial charge in [-0.25, -0.2) is 13.1 Å².